The molecular formula is C16H18F2N4O3. The number of hydrazine groups is 1. The van der Waals surface area contributed by atoms with Gasteiger partial charge < -0.3 is 5.32 Å². The van der Waals surface area contributed by atoms with Crippen molar-refractivity contribution in [1.29, 1.82) is 0 Å². The Morgan fingerprint density at radius 2 is 1.80 bits per heavy atom. The predicted molar refractivity (Wildman–Crippen MR) is 82.5 cm³/mol. The summed E-state index contributed by atoms with van der Waals surface area (Å²) in [6, 6.07) is 3.02. The standard InChI is InChI=1S/C16H18F2N4O3/c17-9-2-1-3-10(18)16(9)11-8-12(21-20-11)19-13(23)6-7-22-14(24)4-5-15(22)25/h1-3,11-12,20-21H,4-8H2,(H,19,23). The Kier molecular flexibility index (Phi) is 5.05. The summed E-state index contributed by atoms with van der Waals surface area (Å²) in [5, 5.41) is 2.66. The molecule has 3 rings (SSSR count). The molecule has 0 radical (unpaired) electrons. The van der Waals surface area contributed by atoms with Gasteiger partial charge >= 0.3 is 0 Å². The van der Waals surface area contributed by atoms with E-state index in [0.717, 1.165) is 4.90 Å². The van der Waals surface area contributed by atoms with Gasteiger partial charge in [0.15, 0.2) is 0 Å². The summed E-state index contributed by atoms with van der Waals surface area (Å²) in [7, 11) is 0. The number of carbonyl (C=O) groups excluding carboxylic acids is 3. The van der Waals surface area contributed by atoms with E-state index in [-0.39, 0.29) is 55.5 Å². The van der Waals surface area contributed by atoms with E-state index in [1.807, 2.05) is 0 Å². The lowest BCUT2D eigenvalue weighted by atomic mass is 10.0. The second-order valence-electron chi connectivity index (χ2n) is 6.02. The maximum atomic E-state index is 13.8. The molecule has 2 saturated heterocycles. The third-order valence-corrected chi connectivity index (χ3v) is 4.30. The highest BCUT2D eigenvalue weighted by Crippen LogP contribution is 2.26. The molecule has 2 aliphatic rings. The van der Waals surface area contributed by atoms with Crippen LogP contribution in [0.3, 0.4) is 0 Å². The van der Waals surface area contributed by atoms with Crippen LogP contribution in [0.25, 0.3) is 0 Å². The van der Waals surface area contributed by atoms with Crippen LogP contribution in [0.5, 0.6) is 0 Å². The van der Waals surface area contributed by atoms with Crippen molar-refractivity contribution in [2.75, 3.05) is 6.54 Å². The van der Waals surface area contributed by atoms with Crippen molar-refractivity contribution >= 4 is 17.7 Å². The van der Waals surface area contributed by atoms with Gasteiger partial charge in [-0.25, -0.2) is 19.6 Å². The fraction of sp³-hybridized carbons (Fsp3) is 0.438. The minimum atomic E-state index is -0.655. The molecule has 1 aromatic carbocycles. The third kappa shape index (κ3) is 3.83. The number of rotatable bonds is 5. The van der Waals surface area contributed by atoms with Crippen molar-refractivity contribution in [3.8, 4) is 0 Å². The second kappa shape index (κ2) is 7.24. The van der Waals surface area contributed by atoms with Gasteiger partial charge in [0.05, 0.1) is 12.2 Å². The number of amides is 3. The first-order chi connectivity index (χ1) is 12.0. The van der Waals surface area contributed by atoms with E-state index in [2.05, 4.69) is 16.2 Å². The summed E-state index contributed by atoms with van der Waals surface area (Å²) in [4.78, 5) is 36.0. The average Bonchev–Trinajstić information content (AvgIpc) is 3.13. The normalized spacial score (nSPS) is 23.4. The zero-order valence-corrected chi connectivity index (χ0v) is 13.4. The number of imide groups is 1. The van der Waals surface area contributed by atoms with E-state index in [1.165, 1.54) is 18.2 Å². The molecule has 134 valence electrons. The average molecular weight is 352 g/mol. The quantitative estimate of drug-likeness (QED) is 0.671. The topological polar surface area (TPSA) is 90.5 Å². The third-order valence-electron chi connectivity index (χ3n) is 4.30. The SMILES string of the molecule is O=C(CCN1C(=O)CCC1=O)NC1CC(c2c(F)cccc2F)NN1. The van der Waals surface area contributed by atoms with E-state index >= 15 is 0 Å². The van der Waals surface area contributed by atoms with Crippen molar-refractivity contribution in [2.24, 2.45) is 0 Å². The van der Waals surface area contributed by atoms with Crippen LogP contribution in [-0.4, -0.2) is 35.3 Å². The highest BCUT2D eigenvalue weighted by atomic mass is 19.1. The summed E-state index contributed by atoms with van der Waals surface area (Å²) >= 11 is 0. The zero-order chi connectivity index (χ0) is 18.0. The highest BCUT2D eigenvalue weighted by Gasteiger charge is 2.31. The van der Waals surface area contributed by atoms with Crippen LogP contribution >= 0.6 is 0 Å². The fourth-order valence-electron chi connectivity index (χ4n) is 3.04. The van der Waals surface area contributed by atoms with Crippen LogP contribution in [0.4, 0.5) is 8.78 Å². The maximum absolute atomic E-state index is 13.8. The zero-order valence-electron chi connectivity index (χ0n) is 13.4. The number of hydrogen-bond acceptors (Lipinski definition) is 5. The number of likely N-dealkylation sites (tertiary alicyclic amines) is 1. The first-order valence-electron chi connectivity index (χ1n) is 8.03. The van der Waals surface area contributed by atoms with Crippen molar-refractivity contribution in [1.82, 2.24) is 21.1 Å². The van der Waals surface area contributed by atoms with Crippen LogP contribution in [0.1, 0.15) is 37.3 Å². The number of carbonyl (C=O) groups is 3. The molecular weight excluding hydrogens is 334 g/mol. The molecule has 3 amide bonds. The number of hydrogen-bond donors (Lipinski definition) is 3. The molecule has 1 aromatic rings. The van der Waals surface area contributed by atoms with E-state index < -0.39 is 23.8 Å². The summed E-state index contributed by atoms with van der Waals surface area (Å²) in [6.45, 7) is 0.0367. The highest BCUT2D eigenvalue weighted by molar-refractivity contribution is 6.02. The Morgan fingerprint density at radius 3 is 2.44 bits per heavy atom. The van der Waals surface area contributed by atoms with Gasteiger partial charge in [0, 0.05) is 37.8 Å². The van der Waals surface area contributed by atoms with Gasteiger partial charge in [0.2, 0.25) is 17.7 Å². The molecule has 2 fully saturated rings. The molecule has 2 aliphatic heterocycles. The Morgan fingerprint density at radius 1 is 1.16 bits per heavy atom. The van der Waals surface area contributed by atoms with E-state index in [4.69, 9.17) is 0 Å². The minimum absolute atomic E-state index is 0.0195. The van der Waals surface area contributed by atoms with Crippen LogP contribution < -0.4 is 16.2 Å². The van der Waals surface area contributed by atoms with Crippen LogP contribution in [0, 0.1) is 11.6 Å². The molecule has 25 heavy (non-hydrogen) atoms. The summed E-state index contributed by atoms with van der Waals surface area (Å²) < 4.78 is 27.6. The summed E-state index contributed by atoms with van der Waals surface area (Å²) in [5.74, 6) is -2.21. The van der Waals surface area contributed by atoms with Gasteiger partial charge in [-0.05, 0) is 12.1 Å². The van der Waals surface area contributed by atoms with Gasteiger partial charge in [-0.2, -0.15) is 0 Å². The number of benzene rings is 1. The molecule has 9 heteroatoms. The van der Waals surface area contributed by atoms with Crippen LogP contribution in [0.2, 0.25) is 0 Å². The molecule has 2 heterocycles. The molecule has 7 nitrogen and oxygen atoms in total. The number of halogens is 2. The number of nitrogens with one attached hydrogen (secondary N) is 3. The minimum Gasteiger partial charge on any atom is -0.339 e. The summed E-state index contributed by atoms with van der Waals surface area (Å²) in [5.41, 5.74) is 5.45. The van der Waals surface area contributed by atoms with Gasteiger partial charge in [-0.1, -0.05) is 6.07 Å². The van der Waals surface area contributed by atoms with Crippen LogP contribution in [0.15, 0.2) is 18.2 Å². The first-order valence-corrected chi connectivity index (χ1v) is 8.03. The first kappa shape index (κ1) is 17.4. The largest absolute Gasteiger partial charge is 0.339 e. The van der Waals surface area contributed by atoms with E-state index in [9.17, 15) is 23.2 Å². The molecule has 3 N–H and O–H groups in total. The molecule has 0 saturated carbocycles. The summed E-state index contributed by atoms with van der Waals surface area (Å²) in [6.07, 6.45) is 0.0931. The molecule has 0 aromatic heterocycles. The van der Waals surface area contributed by atoms with E-state index in [0.29, 0.717) is 0 Å². The van der Waals surface area contributed by atoms with E-state index in [1.54, 1.807) is 0 Å². The van der Waals surface area contributed by atoms with Gasteiger partial charge in [-0.15, -0.1) is 0 Å². The molecule has 0 aliphatic carbocycles. The van der Waals surface area contributed by atoms with Crippen molar-refractivity contribution in [3.05, 3.63) is 35.4 Å². The fourth-order valence-corrected chi connectivity index (χ4v) is 3.04. The van der Waals surface area contributed by atoms with Gasteiger partial charge in [0.1, 0.15) is 11.6 Å². The molecule has 2 unspecified atom stereocenters. The van der Waals surface area contributed by atoms with Crippen molar-refractivity contribution < 1.29 is 23.2 Å². The Bertz CT molecular complexity index is 676. The second-order valence-corrected chi connectivity index (χ2v) is 6.02. The monoisotopic (exact) mass is 352 g/mol. The maximum Gasteiger partial charge on any atom is 0.229 e. The predicted octanol–water partition coefficient (Wildman–Crippen LogP) is 0.485. The Labute approximate surface area is 142 Å². The smallest absolute Gasteiger partial charge is 0.229 e. The Hall–Kier alpha value is -2.39. The van der Waals surface area contributed by atoms with Crippen molar-refractivity contribution in [3.63, 3.8) is 0 Å². The molecule has 2 atom stereocenters. The van der Waals surface area contributed by atoms with Gasteiger partial charge in [-0.3, -0.25) is 19.3 Å². The van der Waals surface area contributed by atoms with Gasteiger partial charge in [0.25, 0.3) is 0 Å². The van der Waals surface area contributed by atoms with Crippen molar-refractivity contribution in [2.45, 2.75) is 37.9 Å². The molecule has 0 spiro atoms. The molecule has 0 bridgehead atoms. The lowest BCUT2D eigenvalue weighted by Gasteiger charge is -2.15. The number of nitrogens with zero attached hydrogens (tertiary/aromatic N) is 1. The Balaban J connectivity index is 1.50. The lowest BCUT2D eigenvalue weighted by Crippen LogP contribution is -2.45. The van der Waals surface area contributed by atoms with Crippen LogP contribution in [-0.2, 0) is 14.4 Å². The lowest BCUT2D eigenvalue weighted by molar-refractivity contribution is -0.138.